The van der Waals surface area contributed by atoms with Crippen molar-refractivity contribution >= 4 is 17.8 Å². The minimum atomic E-state index is -0.194. The van der Waals surface area contributed by atoms with Gasteiger partial charge in [0.25, 0.3) is 0 Å². The maximum absolute atomic E-state index is 13.3. The summed E-state index contributed by atoms with van der Waals surface area (Å²) in [5.74, 6) is -0.362. The number of carbonyl (C=O) groups excluding carboxylic acids is 3. The summed E-state index contributed by atoms with van der Waals surface area (Å²) in [7, 11) is 0. The average molecular weight is 735 g/mol. The molecule has 1 unspecified atom stereocenters. The number of esters is 2. The van der Waals surface area contributed by atoms with Gasteiger partial charge in [0.1, 0.15) is 13.2 Å². The molecule has 0 aromatic rings. The fourth-order valence-corrected chi connectivity index (χ4v) is 6.74. The Hall–Kier alpha value is -1.89. The molecule has 0 radical (unpaired) electrons. The number of hydrogen-bond acceptors (Lipinski definition) is 6. The third-order valence-electron chi connectivity index (χ3n) is 10.4. The molecule has 0 fully saturated rings. The maximum Gasteiger partial charge on any atom is 0.308 e. The molecule has 1 amide bonds. The Balaban J connectivity index is 4.60. The lowest BCUT2D eigenvalue weighted by Crippen LogP contribution is -2.39. The highest BCUT2D eigenvalue weighted by Gasteiger charge is 2.21. The van der Waals surface area contributed by atoms with Gasteiger partial charge < -0.3 is 19.3 Å². The highest BCUT2D eigenvalue weighted by atomic mass is 16.5. The number of allylic oxidation sites excluding steroid dienone is 2. The van der Waals surface area contributed by atoms with Crippen molar-refractivity contribution in [3.63, 3.8) is 0 Å². The Kier molecular flexibility index (Phi) is 37.4. The molecule has 1 atom stereocenters. The van der Waals surface area contributed by atoms with Crippen molar-refractivity contribution in [3.05, 3.63) is 12.2 Å². The molecule has 7 nitrogen and oxygen atoms in total. The molecule has 52 heavy (non-hydrogen) atoms. The first-order valence-electron chi connectivity index (χ1n) is 22.4. The lowest BCUT2D eigenvalue weighted by molar-refractivity contribution is -0.151. The van der Waals surface area contributed by atoms with Crippen LogP contribution in [0.4, 0.5) is 0 Å². The van der Waals surface area contributed by atoms with Gasteiger partial charge in [-0.3, -0.25) is 14.4 Å². The molecule has 7 heteroatoms. The fraction of sp³-hybridized carbons (Fsp3) is 0.889. The van der Waals surface area contributed by atoms with Gasteiger partial charge in [0.15, 0.2) is 0 Å². The van der Waals surface area contributed by atoms with Gasteiger partial charge in [0, 0.05) is 19.4 Å². The van der Waals surface area contributed by atoms with Gasteiger partial charge in [-0.25, -0.2) is 0 Å². The van der Waals surface area contributed by atoms with Crippen LogP contribution in [0.5, 0.6) is 0 Å². The van der Waals surface area contributed by atoms with Crippen LogP contribution in [0.2, 0.25) is 0 Å². The van der Waals surface area contributed by atoms with E-state index in [1.165, 1.54) is 103 Å². The molecule has 0 spiro atoms. The van der Waals surface area contributed by atoms with Gasteiger partial charge >= 0.3 is 11.9 Å². The van der Waals surface area contributed by atoms with Crippen LogP contribution in [0.1, 0.15) is 208 Å². The molecule has 0 aromatic carbocycles. The summed E-state index contributed by atoms with van der Waals surface area (Å²) in [4.78, 5) is 42.9. The van der Waals surface area contributed by atoms with Crippen LogP contribution in [0.15, 0.2) is 12.2 Å². The zero-order chi connectivity index (χ0) is 38.3. The van der Waals surface area contributed by atoms with Gasteiger partial charge in [-0.05, 0) is 58.0 Å². The summed E-state index contributed by atoms with van der Waals surface area (Å²) in [5, 5.41) is 0. The number of unbranched alkanes of at least 4 members (excludes halogenated alkanes) is 19. The average Bonchev–Trinajstić information content (AvgIpc) is 3.15. The predicted molar refractivity (Wildman–Crippen MR) is 221 cm³/mol. The molecule has 0 saturated heterocycles. The smallest absolute Gasteiger partial charge is 0.308 e. The molecule has 0 aliphatic heterocycles. The number of carbonyl (C=O) groups is 3. The third kappa shape index (κ3) is 31.6. The van der Waals surface area contributed by atoms with Gasteiger partial charge in [0.05, 0.1) is 19.0 Å². The second-order valence-electron chi connectivity index (χ2n) is 15.0. The molecule has 0 aliphatic carbocycles. The number of nitrogens with zero attached hydrogens (tertiary/aromatic N) is 2. The van der Waals surface area contributed by atoms with Crippen LogP contribution in [0, 0.1) is 5.92 Å². The van der Waals surface area contributed by atoms with Gasteiger partial charge in [-0.15, -0.1) is 0 Å². The molecule has 0 heterocycles. The minimum absolute atomic E-state index is 0.0134. The fourth-order valence-electron chi connectivity index (χ4n) is 6.74. The Morgan fingerprint density at radius 3 is 1.46 bits per heavy atom. The van der Waals surface area contributed by atoms with E-state index in [1.807, 2.05) is 0 Å². The zero-order valence-corrected chi connectivity index (χ0v) is 35.2. The SMILES string of the molecule is CCCCCCCC/C=C\CCCCCCCC(=O)OCCN(CCOC(=O)C(CCCCCC)CCCCCCCC)C(=O)CCN(CC)CC. The lowest BCUT2D eigenvalue weighted by Gasteiger charge is -2.25. The summed E-state index contributed by atoms with van der Waals surface area (Å²) >= 11 is 0. The Morgan fingerprint density at radius 2 is 0.942 bits per heavy atom. The van der Waals surface area contributed by atoms with Crippen molar-refractivity contribution in [3.8, 4) is 0 Å². The van der Waals surface area contributed by atoms with E-state index in [2.05, 4.69) is 51.7 Å². The topological polar surface area (TPSA) is 76.1 Å². The largest absolute Gasteiger partial charge is 0.464 e. The number of rotatable bonds is 39. The van der Waals surface area contributed by atoms with E-state index in [0.717, 1.165) is 70.9 Å². The second kappa shape index (κ2) is 38.8. The van der Waals surface area contributed by atoms with Gasteiger partial charge in [-0.2, -0.15) is 0 Å². The Bertz CT molecular complexity index is 844. The minimum Gasteiger partial charge on any atom is -0.464 e. The lowest BCUT2D eigenvalue weighted by atomic mass is 9.94. The number of hydrogen-bond donors (Lipinski definition) is 0. The van der Waals surface area contributed by atoms with Crippen LogP contribution in [0.25, 0.3) is 0 Å². The summed E-state index contributed by atoms with van der Waals surface area (Å²) in [5.41, 5.74) is 0. The summed E-state index contributed by atoms with van der Waals surface area (Å²) in [6.45, 7) is 14.4. The van der Waals surface area contributed by atoms with Gasteiger partial charge in [-0.1, -0.05) is 162 Å². The monoisotopic (exact) mass is 735 g/mol. The van der Waals surface area contributed by atoms with E-state index >= 15 is 0 Å². The third-order valence-corrected chi connectivity index (χ3v) is 10.4. The van der Waals surface area contributed by atoms with Crippen LogP contribution in [0.3, 0.4) is 0 Å². The number of amides is 1. The van der Waals surface area contributed by atoms with Crippen molar-refractivity contribution in [1.29, 1.82) is 0 Å². The summed E-state index contributed by atoms with van der Waals surface area (Å²) < 4.78 is 11.4. The van der Waals surface area contributed by atoms with E-state index in [1.54, 1.807) is 4.90 Å². The Morgan fingerprint density at radius 1 is 0.500 bits per heavy atom. The van der Waals surface area contributed by atoms with Crippen molar-refractivity contribution < 1.29 is 23.9 Å². The molecule has 0 rings (SSSR count). The molecule has 0 N–H and O–H groups in total. The quantitative estimate of drug-likeness (QED) is 0.0355. The van der Waals surface area contributed by atoms with Crippen molar-refractivity contribution in [2.75, 3.05) is 45.9 Å². The first-order valence-corrected chi connectivity index (χ1v) is 22.4. The standard InChI is InChI=1S/C45H86N2O5/c1-6-11-14-17-19-20-21-22-23-24-25-26-27-29-32-35-44(49)51-40-38-47(43(48)36-37-46(9-4)10-5)39-41-52-45(50)42(33-30-16-13-8-3)34-31-28-18-15-12-7-2/h22-23,42H,6-21,24-41H2,1-5H3/b23-22-. The molecule has 0 saturated carbocycles. The highest BCUT2D eigenvalue weighted by molar-refractivity contribution is 5.76. The van der Waals surface area contributed by atoms with E-state index in [0.29, 0.717) is 32.5 Å². The molecular weight excluding hydrogens is 649 g/mol. The van der Waals surface area contributed by atoms with E-state index in [-0.39, 0.29) is 37.0 Å². The van der Waals surface area contributed by atoms with Crippen molar-refractivity contribution in [2.24, 2.45) is 5.92 Å². The predicted octanol–water partition coefficient (Wildman–Crippen LogP) is 12.0. The van der Waals surface area contributed by atoms with E-state index in [9.17, 15) is 14.4 Å². The first kappa shape index (κ1) is 50.1. The van der Waals surface area contributed by atoms with Crippen molar-refractivity contribution in [1.82, 2.24) is 9.80 Å². The van der Waals surface area contributed by atoms with E-state index < -0.39 is 0 Å². The van der Waals surface area contributed by atoms with E-state index in [4.69, 9.17) is 9.47 Å². The van der Waals surface area contributed by atoms with Crippen LogP contribution < -0.4 is 0 Å². The van der Waals surface area contributed by atoms with Crippen molar-refractivity contribution in [2.45, 2.75) is 208 Å². The molecule has 0 bridgehead atoms. The summed E-state index contributed by atoms with van der Waals surface area (Å²) in [6, 6.07) is 0. The maximum atomic E-state index is 13.3. The molecule has 0 aromatic heterocycles. The molecule has 0 aliphatic rings. The zero-order valence-electron chi connectivity index (χ0n) is 35.2. The highest BCUT2D eigenvalue weighted by Crippen LogP contribution is 2.20. The second-order valence-corrected chi connectivity index (χ2v) is 15.0. The van der Waals surface area contributed by atoms with Crippen LogP contribution >= 0.6 is 0 Å². The normalized spacial score (nSPS) is 12.1. The summed E-state index contributed by atoms with van der Waals surface area (Å²) in [6.07, 6.45) is 35.0. The van der Waals surface area contributed by atoms with Crippen LogP contribution in [-0.4, -0.2) is 73.6 Å². The number of ether oxygens (including phenoxy) is 2. The van der Waals surface area contributed by atoms with Crippen LogP contribution in [-0.2, 0) is 23.9 Å². The van der Waals surface area contributed by atoms with Gasteiger partial charge in [0.2, 0.25) is 5.91 Å². The first-order chi connectivity index (χ1) is 25.4. The molecule has 306 valence electrons. The molecular formula is C45H86N2O5. The Labute approximate surface area is 322 Å².